The van der Waals surface area contributed by atoms with E-state index >= 15 is 0 Å². The van der Waals surface area contributed by atoms with E-state index < -0.39 is 0 Å². The first-order valence-electron chi connectivity index (χ1n) is 5.83. The summed E-state index contributed by atoms with van der Waals surface area (Å²) in [5, 5.41) is 3.97. The van der Waals surface area contributed by atoms with Gasteiger partial charge in [-0.15, -0.1) is 11.3 Å². The van der Waals surface area contributed by atoms with E-state index in [1.165, 1.54) is 29.2 Å². The number of amidine groups is 1. The predicted molar refractivity (Wildman–Crippen MR) is 78.7 cm³/mol. The number of benzene rings is 1. The Bertz CT molecular complexity index is 693. The lowest BCUT2D eigenvalue weighted by Gasteiger charge is -2.02. The van der Waals surface area contributed by atoms with Crippen molar-refractivity contribution in [1.82, 2.24) is 5.32 Å². The van der Waals surface area contributed by atoms with Gasteiger partial charge in [-0.25, -0.2) is 4.39 Å². The molecule has 0 spiro atoms. The number of aliphatic imine (C=N–C) groups is 1. The highest BCUT2D eigenvalue weighted by Gasteiger charge is 2.19. The van der Waals surface area contributed by atoms with Crippen molar-refractivity contribution in [3.8, 4) is 0 Å². The maximum absolute atomic E-state index is 13.8. The van der Waals surface area contributed by atoms with E-state index in [1.807, 2.05) is 6.07 Å². The fourth-order valence-corrected chi connectivity index (χ4v) is 3.88. The first-order chi connectivity index (χ1) is 9.16. The Morgan fingerprint density at radius 2 is 2.32 bits per heavy atom. The van der Waals surface area contributed by atoms with Crippen molar-refractivity contribution in [3.63, 3.8) is 0 Å². The Labute approximate surface area is 117 Å². The normalized spacial score (nSPS) is 14.7. The van der Waals surface area contributed by atoms with Gasteiger partial charge in [0, 0.05) is 15.8 Å². The van der Waals surface area contributed by atoms with Crippen LogP contribution in [0.4, 0.5) is 4.39 Å². The average Bonchev–Trinajstić information content (AvgIpc) is 2.98. The molecule has 0 fully saturated rings. The van der Waals surface area contributed by atoms with Crippen molar-refractivity contribution >= 4 is 44.3 Å². The quantitative estimate of drug-likeness (QED) is 0.877. The molecule has 1 aliphatic heterocycles. The summed E-state index contributed by atoms with van der Waals surface area (Å²) in [7, 11) is 0. The molecule has 6 heteroatoms. The fourth-order valence-electron chi connectivity index (χ4n) is 2.03. The molecule has 0 radical (unpaired) electrons. The standard InChI is InChI=1S/C13H11FN2OS2/c1-7-10-8(14)3-2-4-9(10)19-11(7)12(17)16-13-15-5-6-18-13/h2-4H,5-6H2,1H3,(H,15,16,17). The molecule has 3 nitrogen and oxygen atoms in total. The summed E-state index contributed by atoms with van der Waals surface area (Å²) < 4.78 is 14.6. The summed E-state index contributed by atoms with van der Waals surface area (Å²) in [4.78, 5) is 16.9. The van der Waals surface area contributed by atoms with Gasteiger partial charge in [-0.2, -0.15) is 0 Å². The molecule has 0 unspecified atom stereocenters. The van der Waals surface area contributed by atoms with Crippen molar-refractivity contribution < 1.29 is 9.18 Å². The zero-order valence-corrected chi connectivity index (χ0v) is 11.8. The number of amides is 1. The number of nitrogens with zero attached hydrogens (tertiary/aromatic N) is 1. The van der Waals surface area contributed by atoms with Crippen molar-refractivity contribution in [3.05, 3.63) is 34.5 Å². The third kappa shape index (κ3) is 2.26. The smallest absolute Gasteiger partial charge is 0.267 e. The lowest BCUT2D eigenvalue weighted by Crippen LogP contribution is -2.27. The van der Waals surface area contributed by atoms with Crippen LogP contribution < -0.4 is 5.32 Å². The molecule has 1 aromatic carbocycles. The highest BCUT2D eigenvalue weighted by molar-refractivity contribution is 8.14. The number of hydrogen-bond acceptors (Lipinski definition) is 4. The van der Waals surface area contributed by atoms with Gasteiger partial charge in [0.1, 0.15) is 5.82 Å². The van der Waals surface area contributed by atoms with Gasteiger partial charge >= 0.3 is 0 Å². The van der Waals surface area contributed by atoms with Crippen LogP contribution in [0.1, 0.15) is 15.2 Å². The summed E-state index contributed by atoms with van der Waals surface area (Å²) >= 11 is 2.84. The van der Waals surface area contributed by atoms with Crippen LogP contribution in [0, 0.1) is 12.7 Å². The lowest BCUT2D eigenvalue weighted by atomic mass is 10.1. The first kappa shape index (κ1) is 12.6. The average molecular weight is 294 g/mol. The number of rotatable bonds is 1. The molecule has 0 bridgehead atoms. The van der Waals surface area contributed by atoms with Crippen LogP contribution in [0.15, 0.2) is 23.2 Å². The second kappa shape index (κ2) is 4.94. The predicted octanol–water partition coefficient (Wildman–Crippen LogP) is 3.18. The summed E-state index contributed by atoms with van der Waals surface area (Å²) in [5.41, 5.74) is 0.694. The number of fused-ring (bicyclic) bond motifs is 1. The van der Waals surface area contributed by atoms with Crippen molar-refractivity contribution in [2.75, 3.05) is 12.3 Å². The summed E-state index contributed by atoms with van der Waals surface area (Å²) in [6, 6.07) is 4.90. The van der Waals surface area contributed by atoms with Gasteiger partial charge in [-0.3, -0.25) is 9.79 Å². The Morgan fingerprint density at radius 3 is 3.00 bits per heavy atom. The number of halogens is 1. The number of thioether (sulfide) groups is 1. The van der Waals surface area contributed by atoms with Gasteiger partial charge in [-0.1, -0.05) is 17.8 Å². The third-order valence-corrected chi connectivity index (χ3v) is 5.06. The van der Waals surface area contributed by atoms with E-state index in [-0.39, 0.29) is 11.7 Å². The number of hydrogen-bond donors (Lipinski definition) is 1. The monoisotopic (exact) mass is 294 g/mol. The molecule has 0 atom stereocenters. The number of carbonyl (C=O) groups is 1. The number of carbonyl (C=O) groups excluding carboxylic acids is 1. The molecule has 1 amide bonds. The molecule has 1 aromatic heterocycles. The lowest BCUT2D eigenvalue weighted by molar-refractivity contribution is 0.0981. The minimum Gasteiger partial charge on any atom is -0.301 e. The van der Waals surface area contributed by atoms with Crippen LogP contribution in [0.3, 0.4) is 0 Å². The Kier molecular flexibility index (Phi) is 3.28. The molecular weight excluding hydrogens is 283 g/mol. The molecule has 3 rings (SSSR count). The third-order valence-electron chi connectivity index (χ3n) is 2.92. The summed E-state index contributed by atoms with van der Waals surface area (Å²) in [6.07, 6.45) is 0. The van der Waals surface area contributed by atoms with Gasteiger partial charge in [0.15, 0.2) is 5.17 Å². The van der Waals surface area contributed by atoms with Crippen LogP contribution in [0.2, 0.25) is 0 Å². The molecule has 1 N–H and O–H groups in total. The topological polar surface area (TPSA) is 41.5 Å². The van der Waals surface area contributed by atoms with Crippen molar-refractivity contribution in [2.24, 2.45) is 4.99 Å². The van der Waals surface area contributed by atoms with E-state index in [4.69, 9.17) is 0 Å². The zero-order valence-electron chi connectivity index (χ0n) is 10.2. The molecular formula is C13H11FN2OS2. The Balaban J connectivity index is 1.98. The van der Waals surface area contributed by atoms with E-state index in [0.717, 1.165) is 17.0 Å². The van der Waals surface area contributed by atoms with Gasteiger partial charge in [-0.05, 0) is 24.6 Å². The minimum absolute atomic E-state index is 0.203. The Morgan fingerprint density at radius 1 is 1.47 bits per heavy atom. The zero-order chi connectivity index (χ0) is 13.4. The molecule has 19 heavy (non-hydrogen) atoms. The van der Waals surface area contributed by atoms with E-state index in [2.05, 4.69) is 10.3 Å². The van der Waals surface area contributed by atoms with E-state index in [0.29, 0.717) is 21.0 Å². The molecule has 0 saturated heterocycles. The fraction of sp³-hybridized carbons (Fsp3) is 0.231. The minimum atomic E-state index is -0.280. The van der Waals surface area contributed by atoms with Crippen LogP contribution in [0.5, 0.6) is 0 Å². The summed E-state index contributed by atoms with van der Waals surface area (Å²) in [6.45, 7) is 2.51. The molecule has 98 valence electrons. The molecule has 2 aromatic rings. The molecule has 2 heterocycles. The SMILES string of the molecule is Cc1c(C(=O)NC2=NCCS2)sc2cccc(F)c12. The molecule has 1 aliphatic rings. The maximum atomic E-state index is 13.8. The summed E-state index contributed by atoms with van der Waals surface area (Å²) in [5.74, 6) is 0.416. The van der Waals surface area contributed by atoms with Crippen LogP contribution in [0.25, 0.3) is 10.1 Å². The number of aryl methyl sites for hydroxylation is 1. The van der Waals surface area contributed by atoms with Crippen molar-refractivity contribution in [1.29, 1.82) is 0 Å². The van der Waals surface area contributed by atoms with Crippen LogP contribution >= 0.6 is 23.1 Å². The largest absolute Gasteiger partial charge is 0.301 e. The first-order valence-corrected chi connectivity index (χ1v) is 7.63. The number of nitrogens with one attached hydrogen (secondary N) is 1. The highest BCUT2D eigenvalue weighted by atomic mass is 32.2. The van der Waals surface area contributed by atoms with Gasteiger partial charge in [0.25, 0.3) is 5.91 Å². The van der Waals surface area contributed by atoms with E-state index in [1.54, 1.807) is 13.0 Å². The van der Waals surface area contributed by atoms with Crippen molar-refractivity contribution in [2.45, 2.75) is 6.92 Å². The highest BCUT2D eigenvalue weighted by Crippen LogP contribution is 2.32. The maximum Gasteiger partial charge on any atom is 0.267 e. The Hall–Kier alpha value is -1.40. The van der Waals surface area contributed by atoms with Gasteiger partial charge < -0.3 is 5.32 Å². The molecule has 0 saturated carbocycles. The van der Waals surface area contributed by atoms with Crippen LogP contribution in [-0.2, 0) is 0 Å². The molecule has 0 aliphatic carbocycles. The van der Waals surface area contributed by atoms with Gasteiger partial charge in [0.05, 0.1) is 11.4 Å². The number of thiophene rings is 1. The van der Waals surface area contributed by atoms with Gasteiger partial charge in [0.2, 0.25) is 0 Å². The van der Waals surface area contributed by atoms with Crippen LogP contribution in [-0.4, -0.2) is 23.4 Å². The van der Waals surface area contributed by atoms with E-state index in [9.17, 15) is 9.18 Å². The second-order valence-electron chi connectivity index (χ2n) is 4.16. The second-order valence-corrected chi connectivity index (χ2v) is 6.29.